The van der Waals surface area contributed by atoms with Gasteiger partial charge in [-0.1, -0.05) is 37.1 Å². The highest BCUT2D eigenvalue weighted by Gasteiger charge is 1.96. The van der Waals surface area contributed by atoms with Gasteiger partial charge in [-0.05, 0) is 50.2 Å². The summed E-state index contributed by atoms with van der Waals surface area (Å²) < 4.78 is 0. The number of unbranched alkanes of at least 4 members (excludes halogenated alkanes) is 3. The van der Waals surface area contributed by atoms with E-state index in [0.29, 0.717) is 0 Å². The number of benzene rings is 1. The van der Waals surface area contributed by atoms with Gasteiger partial charge in [-0.15, -0.1) is 0 Å². The zero-order chi connectivity index (χ0) is 14.5. The van der Waals surface area contributed by atoms with Gasteiger partial charge in [-0.25, -0.2) is 0 Å². The summed E-state index contributed by atoms with van der Waals surface area (Å²) in [5.41, 5.74) is 2.81. The minimum Gasteiger partial charge on any atom is -0.316 e. The Kier molecular flexibility index (Phi) is 10.7. The van der Waals surface area contributed by atoms with Crippen molar-refractivity contribution in [3.8, 4) is 0 Å². The maximum absolute atomic E-state index is 3.54. The fourth-order valence-electron chi connectivity index (χ4n) is 2.18. The van der Waals surface area contributed by atoms with Crippen LogP contribution in [-0.4, -0.2) is 31.6 Å². The Bertz CT molecular complexity index is 342. The normalized spacial score (nSPS) is 10.9. The second-order valence-corrected chi connectivity index (χ2v) is 6.25. The minimum absolute atomic E-state index is 1.00. The van der Waals surface area contributed by atoms with Crippen molar-refractivity contribution >= 4 is 11.8 Å². The zero-order valence-electron chi connectivity index (χ0n) is 13.1. The van der Waals surface area contributed by atoms with Crippen molar-refractivity contribution in [2.45, 2.75) is 39.2 Å². The molecule has 0 unspecified atom stereocenters. The van der Waals surface area contributed by atoms with Gasteiger partial charge in [-0.3, -0.25) is 0 Å². The lowest BCUT2D eigenvalue weighted by Crippen LogP contribution is -2.18. The Morgan fingerprint density at radius 3 is 2.30 bits per heavy atom. The molecule has 0 fully saturated rings. The van der Waals surface area contributed by atoms with Crippen molar-refractivity contribution in [3.63, 3.8) is 0 Å². The van der Waals surface area contributed by atoms with E-state index in [0.717, 1.165) is 19.6 Å². The molecule has 0 bridgehead atoms. The minimum atomic E-state index is 1.00. The summed E-state index contributed by atoms with van der Waals surface area (Å²) in [6, 6.07) is 8.61. The number of hydrogen-bond acceptors (Lipinski definition) is 3. The molecule has 3 heteroatoms. The highest BCUT2D eigenvalue weighted by Crippen LogP contribution is 2.06. The van der Waals surface area contributed by atoms with Gasteiger partial charge in [0.15, 0.2) is 0 Å². The van der Waals surface area contributed by atoms with Gasteiger partial charge in [0.25, 0.3) is 0 Å². The van der Waals surface area contributed by atoms with Gasteiger partial charge in [-0.2, -0.15) is 11.8 Å². The highest BCUT2D eigenvalue weighted by molar-refractivity contribution is 7.98. The van der Waals surface area contributed by atoms with Crippen LogP contribution in [0.1, 0.15) is 36.8 Å². The van der Waals surface area contributed by atoms with Gasteiger partial charge in [0, 0.05) is 18.8 Å². The van der Waals surface area contributed by atoms with E-state index in [1.54, 1.807) is 0 Å². The standard InChI is InChI=1S/C17H30N2S/c1-16-9-5-6-10-17(16)15-19-12-8-4-3-7-11-18-13-14-20-2/h5-6,9-10,18-19H,3-4,7-8,11-15H2,1-2H3. The molecular formula is C17H30N2S. The molecule has 20 heavy (non-hydrogen) atoms. The number of rotatable bonds is 12. The highest BCUT2D eigenvalue weighted by atomic mass is 32.2. The first-order chi connectivity index (χ1) is 9.84. The summed E-state index contributed by atoms with van der Waals surface area (Å²) in [6.07, 6.45) is 7.44. The van der Waals surface area contributed by atoms with Crippen LogP contribution in [0.5, 0.6) is 0 Å². The van der Waals surface area contributed by atoms with Crippen molar-refractivity contribution in [3.05, 3.63) is 35.4 Å². The lowest BCUT2D eigenvalue weighted by atomic mass is 10.1. The number of hydrogen-bond donors (Lipinski definition) is 2. The third-order valence-electron chi connectivity index (χ3n) is 3.52. The molecule has 114 valence electrons. The number of thioether (sulfide) groups is 1. The van der Waals surface area contributed by atoms with Gasteiger partial charge in [0.05, 0.1) is 0 Å². The predicted octanol–water partition coefficient (Wildman–Crippen LogP) is 3.60. The quantitative estimate of drug-likeness (QED) is 0.576. The molecule has 1 rings (SSSR count). The second-order valence-electron chi connectivity index (χ2n) is 5.26. The molecule has 0 radical (unpaired) electrons. The van der Waals surface area contributed by atoms with Crippen LogP contribution < -0.4 is 10.6 Å². The Balaban J connectivity index is 1.87. The SMILES string of the molecule is CSCCNCCCCCCNCc1ccccc1C. The summed E-state index contributed by atoms with van der Waals surface area (Å²) in [6.45, 7) is 6.65. The fraction of sp³-hybridized carbons (Fsp3) is 0.647. The molecule has 0 heterocycles. The van der Waals surface area contributed by atoms with E-state index in [1.807, 2.05) is 11.8 Å². The number of aryl methyl sites for hydroxylation is 1. The molecule has 0 saturated heterocycles. The van der Waals surface area contributed by atoms with Crippen molar-refractivity contribution in [1.82, 2.24) is 10.6 Å². The Morgan fingerprint density at radius 2 is 1.60 bits per heavy atom. The molecule has 0 spiro atoms. The fourth-order valence-corrected chi connectivity index (χ4v) is 2.53. The van der Waals surface area contributed by atoms with Gasteiger partial charge in [0.1, 0.15) is 0 Å². The van der Waals surface area contributed by atoms with Crippen molar-refractivity contribution in [2.75, 3.05) is 31.6 Å². The lowest BCUT2D eigenvalue weighted by molar-refractivity contribution is 0.569. The molecule has 0 aliphatic rings. The van der Waals surface area contributed by atoms with Crippen LogP contribution >= 0.6 is 11.8 Å². The summed E-state index contributed by atoms with van der Waals surface area (Å²) in [5, 5.41) is 7.02. The first-order valence-corrected chi connectivity index (χ1v) is 9.19. The van der Waals surface area contributed by atoms with Crippen LogP contribution in [-0.2, 0) is 6.54 Å². The average Bonchev–Trinajstić information content (AvgIpc) is 2.46. The van der Waals surface area contributed by atoms with Gasteiger partial charge < -0.3 is 10.6 Å². The maximum atomic E-state index is 3.54. The molecule has 1 aromatic rings. The molecule has 0 amide bonds. The monoisotopic (exact) mass is 294 g/mol. The largest absolute Gasteiger partial charge is 0.316 e. The van der Waals surface area contributed by atoms with Gasteiger partial charge in [0.2, 0.25) is 0 Å². The zero-order valence-corrected chi connectivity index (χ0v) is 13.9. The van der Waals surface area contributed by atoms with E-state index in [4.69, 9.17) is 0 Å². The van der Waals surface area contributed by atoms with Crippen LogP contribution in [0.4, 0.5) is 0 Å². The van der Waals surface area contributed by atoms with Crippen molar-refractivity contribution in [1.29, 1.82) is 0 Å². The maximum Gasteiger partial charge on any atom is 0.0208 e. The first-order valence-electron chi connectivity index (χ1n) is 7.79. The van der Waals surface area contributed by atoms with Crippen molar-refractivity contribution in [2.24, 2.45) is 0 Å². The number of nitrogens with one attached hydrogen (secondary N) is 2. The van der Waals surface area contributed by atoms with E-state index in [1.165, 1.54) is 49.1 Å². The smallest absolute Gasteiger partial charge is 0.0208 e. The summed E-state index contributed by atoms with van der Waals surface area (Å²) in [5.74, 6) is 1.23. The molecule has 0 aromatic heterocycles. The molecule has 0 saturated carbocycles. The predicted molar refractivity (Wildman–Crippen MR) is 92.6 cm³/mol. The molecule has 0 aliphatic carbocycles. The second kappa shape index (κ2) is 12.2. The Morgan fingerprint density at radius 1 is 0.900 bits per heavy atom. The first kappa shape index (κ1) is 17.5. The average molecular weight is 295 g/mol. The third kappa shape index (κ3) is 8.62. The molecule has 0 atom stereocenters. The van der Waals surface area contributed by atoms with Crippen LogP contribution in [0.3, 0.4) is 0 Å². The van der Waals surface area contributed by atoms with E-state index < -0.39 is 0 Å². The van der Waals surface area contributed by atoms with Crippen LogP contribution in [0.25, 0.3) is 0 Å². The topological polar surface area (TPSA) is 24.1 Å². The Labute approximate surface area is 129 Å². The molecule has 0 aliphatic heterocycles. The molecule has 1 aromatic carbocycles. The van der Waals surface area contributed by atoms with E-state index in [9.17, 15) is 0 Å². The van der Waals surface area contributed by atoms with E-state index in [2.05, 4.69) is 48.1 Å². The van der Waals surface area contributed by atoms with E-state index >= 15 is 0 Å². The van der Waals surface area contributed by atoms with Gasteiger partial charge >= 0.3 is 0 Å². The van der Waals surface area contributed by atoms with Crippen LogP contribution in [0.2, 0.25) is 0 Å². The molecule has 2 N–H and O–H groups in total. The molecule has 2 nitrogen and oxygen atoms in total. The summed E-state index contributed by atoms with van der Waals surface area (Å²) >= 11 is 1.91. The Hall–Kier alpha value is -0.510. The lowest BCUT2D eigenvalue weighted by Gasteiger charge is -2.07. The van der Waals surface area contributed by atoms with Crippen LogP contribution in [0.15, 0.2) is 24.3 Å². The van der Waals surface area contributed by atoms with Crippen molar-refractivity contribution < 1.29 is 0 Å². The van der Waals surface area contributed by atoms with E-state index in [-0.39, 0.29) is 0 Å². The summed E-state index contributed by atoms with van der Waals surface area (Å²) in [7, 11) is 0. The third-order valence-corrected chi connectivity index (χ3v) is 4.13. The van der Waals surface area contributed by atoms with Crippen LogP contribution in [0, 0.1) is 6.92 Å². The summed E-state index contributed by atoms with van der Waals surface area (Å²) in [4.78, 5) is 0. The molecular weight excluding hydrogens is 264 g/mol.